The van der Waals surface area contributed by atoms with Gasteiger partial charge in [-0.2, -0.15) is 0 Å². The Labute approximate surface area is 78.5 Å². The Morgan fingerprint density at radius 1 is 1.15 bits per heavy atom. The zero-order chi connectivity index (χ0) is 9.26. The lowest BCUT2D eigenvalue weighted by Gasteiger charge is -1.94. The molecule has 0 spiro atoms. The highest BCUT2D eigenvalue weighted by Gasteiger charge is 2.02. The Bertz CT molecular complexity index is 407. The Morgan fingerprint density at radius 3 is 2.38 bits per heavy atom. The van der Waals surface area contributed by atoms with Crippen molar-refractivity contribution in [3.05, 3.63) is 17.8 Å². The van der Waals surface area contributed by atoms with E-state index in [1.165, 1.54) is 11.3 Å². The minimum absolute atomic E-state index is 0.256. The largest absolute Gasteiger partial charge is 0.375 e. The summed E-state index contributed by atoms with van der Waals surface area (Å²) in [6, 6.07) is 0. The highest BCUT2D eigenvalue weighted by molar-refractivity contribution is 7.13. The number of nitrogens with two attached hydrogens (primary N) is 2. The summed E-state index contributed by atoms with van der Waals surface area (Å²) < 4.78 is 0. The monoisotopic (exact) mass is 193 g/mol. The second-order valence-corrected chi connectivity index (χ2v) is 3.29. The van der Waals surface area contributed by atoms with E-state index in [1.807, 2.05) is 5.38 Å². The van der Waals surface area contributed by atoms with E-state index in [0.717, 1.165) is 11.3 Å². The molecule has 2 heterocycles. The Hall–Kier alpha value is -1.69. The van der Waals surface area contributed by atoms with Crippen molar-refractivity contribution in [2.45, 2.75) is 0 Å². The maximum absolute atomic E-state index is 5.49. The summed E-state index contributed by atoms with van der Waals surface area (Å²) in [4.78, 5) is 11.8. The molecule has 0 fully saturated rings. The molecule has 0 aliphatic heterocycles. The van der Waals surface area contributed by atoms with Crippen LogP contribution in [0.1, 0.15) is 0 Å². The van der Waals surface area contributed by atoms with Crippen LogP contribution in [0.2, 0.25) is 0 Å². The number of rotatable bonds is 1. The van der Waals surface area contributed by atoms with Gasteiger partial charge in [0, 0.05) is 23.3 Å². The molecule has 0 aliphatic rings. The zero-order valence-corrected chi connectivity index (χ0v) is 7.45. The first-order chi connectivity index (χ1) is 6.25. The number of aromatic nitrogens is 3. The van der Waals surface area contributed by atoms with Gasteiger partial charge in [-0.25, -0.2) is 15.0 Å². The molecule has 2 aromatic rings. The molecule has 0 unspecified atom stereocenters. The number of nitrogen functional groups attached to an aromatic ring is 2. The molecule has 0 atom stereocenters. The van der Waals surface area contributed by atoms with Gasteiger partial charge in [0.1, 0.15) is 0 Å². The predicted octanol–water partition coefficient (Wildman–Crippen LogP) is 0.765. The first-order valence-corrected chi connectivity index (χ1v) is 4.42. The molecule has 0 bridgehead atoms. The lowest BCUT2D eigenvalue weighted by atomic mass is 10.3. The average Bonchev–Trinajstić information content (AvgIpc) is 2.53. The van der Waals surface area contributed by atoms with Gasteiger partial charge in [0.15, 0.2) is 5.13 Å². The first kappa shape index (κ1) is 7.93. The molecule has 0 amide bonds. The lowest BCUT2D eigenvalue weighted by molar-refractivity contribution is 1.18. The molecular weight excluding hydrogens is 186 g/mol. The number of nitrogens with zero attached hydrogens (tertiary/aromatic N) is 3. The smallest absolute Gasteiger partial charge is 0.219 e. The van der Waals surface area contributed by atoms with E-state index in [0.29, 0.717) is 5.13 Å². The standard InChI is InChI=1S/C7H7N5S/c8-6-10-1-4(2-11-6)5-3-13-7(9)12-5/h1-3H,(H2,9,12)(H2,8,10,11). The lowest BCUT2D eigenvalue weighted by Crippen LogP contribution is -1.93. The first-order valence-electron chi connectivity index (χ1n) is 3.54. The van der Waals surface area contributed by atoms with Crippen LogP contribution in [0.5, 0.6) is 0 Å². The van der Waals surface area contributed by atoms with Gasteiger partial charge in [0.2, 0.25) is 5.95 Å². The molecule has 4 N–H and O–H groups in total. The quantitative estimate of drug-likeness (QED) is 0.697. The number of hydrogen-bond donors (Lipinski definition) is 2. The van der Waals surface area contributed by atoms with E-state index >= 15 is 0 Å². The van der Waals surface area contributed by atoms with Gasteiger partial charge in [-0.05, 0) is 0 Å². The van der Waals surface area contributed by atoms with Crippen molar-refractivity contribution in [2.75, 3.05) is 11.5 Å². The van der Waals surface area contributed by atoms with Crippen molar-refractivity contribution in [3.63, 3.8) is 0 Å². The van der Waals surface area contributed by atoms with Crippen molar-refractivity contribution < 1.29 is 0 Å². The van der Waals surface area contributed by atoms with Gasteiger partial charge in [0.05, 0.1) is 5.69 Å². The van der Waals surface area contributed by atoms with Gasteiger partial charge in [-0.3, -0.25) is 0 Å². The fourth-order valence-corrected chi connectivity index (χ4v) is 1.46. The maximum Gasteiger partial charge on any atom is 0.219 e. The number of thiazole rings is 1. The minimum Gasteiger partial charge on any atom is -0.375 e. The van der Waals surface area contributed by atoms with Crippen molar-refractivity contribution in [1.29, 1.82) is 0 Å². The maximum atomic E-state index is 5.49. The third-order valence-corrected chi connectivity index (χ3v) is 2.16. The van der Waals surface area contributed by atoms with Crippen LogP contribution in [0.15, 0.2) is 17.8 Å². The summed E-state index contributed by atoms with van der Waals surface area (Å²) in [5.41, 5.74) is 12.4. The summed E-state index contributed by atoms with van der Waals surface area (Å²) in [6.07, 6.45) is 3.24. The summed E-state index contributed by atoms with van der Waals surface area (Å²) in [6.45, 7) is 0. The van der Waals surface area contributed by atoms with Crippen LogP contribution in [0, 0.1) is 0 Å². The highest BCUT2D eigenvalue weighted by Crippen LogP contribution is 2.21. The van der Waals surface area contributed by atoms with Crippen molar-refractivity contribution in [1.82, 2.24) is 15.0 Å². The van der Waals surface area contributed by atoms with E-state index in [9.17, 15) is 0 Å². The van der Waals surface area contributed by atoms with Gasteiger partial charge in [0.25, 0.3) is 0 Å². The second kappa shape index (κ2) is 2.98. The normalized spacial score (nSPS) is 10.2. The molecule has 0 radical (unpaired) electrons. The fraction of sp³-hybridized carbons (Fsp3) is 0. The SMILES string of the molecule is Nc1ncc(-c2csc(N)n2)cn1. The van der Waals surface area contributed by atoms with Crippen LogP contribution in [0.25, 0.3) is 11.3 Å². The van der Waals surface area contributed by atoms with Crippen LogP contribution < -0.4 is 11.5 Å². The van der Waals surface area contributed by atoms with Gasteiger partial charge in [-0.15, -0.1) is 11.3 Å². The molecule has 66 valence electrons. The zero-order valence-electron chi connectivity index (χ0n) is 6.64. The van der Waals surface area contributed by atoms with Crippen LogP contribution in [-0.4, -0.2) is 15.0 Å². The predicted molar refractivity (Wildman–Crippen MR) is 52.0 cm³/mol. The minimum atomic E-state index is 0.256. The summed E-state index contributed by atoms with van der Waals surface area (Å²) in [5.74, 6) is 0.256. The van der Waals surface area contributed by atoms with E-state index in [-0.39, 0.29) is 5.95 Å². The van der Waals surface area contributed by atoms with E-state index in [4.69, 9.17) is 11.5 Å². The van der Waals surface area contributed by atoms with Gasteiger partial charge in [-0.1, -0.05) is 0 Å². The molecule has 6 heteroatoms. The molecule has 5 nitrogen and oxygen atoms in total. The highest BCUT2D eigenvalue weighted by atomic mass is 32.1. The molecular formula is C7H7N5S. The number of anilines is 2. The Morgan fingerprint density at radius 2 is 1.85 bits per heavy atom. The molecule has 0 aliphatic carbocycles. The van der Waals surface area contributed by atoms with E-state index in [1.54, 1.807) is 12.4 Å². The fourth-order valence-electron chi connectivity index (χ4n) is 0.890. The Kier molecular flexibility index (Phi) is 1.82. The van der Waals surface area contributed by atoms with Crippen LogP contribution in [0.3, 0.4) is 0 Å². The van der Waals surface area contributed by atoms with Crippen molar-refractivity contribution >= 4 is 22.4 Å². The molecule has 0 saturated heterocycles. The summed E-state index contributed by atoms with van der Waals surface area (Å²) >= 11 is 1.38. The third-order valence-electron chi connectivity index (χ3n) is 1.49. The van der Waals surface area contributed by atoms with Gasteiger partial charge >= 0.3 is 0 Å². The topological polar surface area (TPSA) is 90.7 Å². The third kappa shape index (κ3) is 1.57. The van der Waals surface area contributed by atoms with E-state index < -0.39 is 0 Å². The second-order valence-electron chi connectivity index (χ2n) is 2.40. The Balaban J connectivity index is 2.41. The summed E-state index contributed by atoms with van der Waals surface area (Å²) in [5, 5.41) is 2.39. The molecule has 2 rings (SSSR count). The van der Waals surface area contributed by atoms with E-state index in [2.05, 4.69) is 15.0 Å². The molecule has 13 heavy (non-hydrogen) atoms. The van der Waals surface area contributed by atoms with Crippen molar-refractivity contribution in [2.24, 2.45) is 0 Å². The molecule has 0 saturated carbocycles. The van der Waals surface area contributed by atoms with Crippen LogP contribution in [-0.2, 0) is 0 Å². The van der Waals surface area contributed by atoms with Gasteiger partial charge < -0.3 is 11.5 Å². The van der Waals surface area contributed by atoms with Crippen LogP contribution >= 0.6 is 11.3 Å². The molecule has 0 aromatic carbocycles. The number of hydrogen-bond acceptors (Lipinski definition) is 6. The average molecular weight is 193 g/mol. The summed E-state index contributed by atoms with van der Waals surface area (Å²) in [7, 11) is 0. The van der Waals surface area contributed by atoms with Crippen LogP contribution in [0.4, 0.5) is 11.1 Å². The molecule has 2 aromatic heterocycles. The van der Waals surface area contributed by atoms with Crippen molar-refractivity contribution in [3.8, 4) is 11.3 Å².